The number of hydrogen-bond donors (Lipinski definition) is 3. The summed E-state index contributed by atoms with van der Waals surface area (Å²) in [5.41, 5.74) is 5.89. The lowest BCUT2D eigenvalue weighted by atomic mass is 10.0. The molecule has 4 atom stereocenters. The fourth-order valence-electron chi connectivity index (χ4n) is 3.55. The molecule has 1 aliphatic heterocycles. The average Bonchev–Trinajstić information content (AvgIpc) is 3.18. The molecule has 1 aromatic carbocycles. The van der Waals surface area contributed by atoms with Gasteiger partial charge < -0.3 is 25.1 Å². The van der Waals surface area contributed by atoms with Crippen LogP contribution in [0.15, 0.2) is 34.0 Å². The first-order valence-electron chi connectivity index (χ1n) is 10.0. The minimum atomic E-state index is -0.736. The number of nitro groups is 1. The second kappa shape index (κ2) is 10.1. The lowest BCUT2D eigenvalue weighted by Gasteiger charge is -2.19. The number of aryl methyl sites for hydroxylation is 1. The summed E-state index contributed by atoms with van der Waals surface area (Å²) >= 11 is 0. The number of hydrogen-bond acceptors (Lipinski definition) is 9. The van der Waals surface area contributed by atoms with E-state index < -0.39 is 40.7 Å². The molecule has 1 saturated heterocycles. The standard InChI is InChI=1S/C20H26N4O8/c1-11-8-23(20(27)22-19(11)26)18-6-16(17(9-25)32-18)31-10-30-12(2)14-5-13(7-21)3-4-15(14)24(28)29/h3-5,8,12,16-18,25H,6-7,9-10,21H2,1-2H3,(H,22,26,27)/t12?,16-,17?,18?/m1/s1. The molecule has 12 nitrogen and oxygen atoms in total. The molecule has 2 aromatic rings. The predicted molar refractivity (Wildman–Crippen MR) is 112 cm³/mol. The van der Waals surface area contributed by atoms with Crippen LogP contribution in [0.3, 0.4) is 0 Å². The first-order valence-corrected chi connectivity index (χ1v) is 10.0. The Morgan fingerprint density at radius 1 is 1.44 bits per heavy atom. The molecule has 0 spiro atoms. The second-order valence-corrected chi connectivity index (χ2v) is 7.51. The summed E-state index contributed by atoms with van der Waals surface area (Å²) in [4.78, 5) is 36.7. The van der Waals surface area contributed by atoms with E-state index in [0.29, 0.717) is 11.1 Å². The zero-order valence-corrected chi connectivity index (χ0v) is 17.7. The van der Waals surface area contributed by atoms with Crippen molar-refractivity contribution in [3.05, 3.63) is 72.0 Å². The van der Waals surface area contributed by atoms with E-state index in [0.717, 1.165) is 5.56 Å². The Kier molecular flexibility index (Phi) is 7.53. The van der Waals surface area contributed by atoms with Crippen LogP contribution in [0.5, 0.6) is 0 Å². The summed E-state index contributed by atoms with van der Waals surface area (Å²) < 4.78 is 18.3. The highest BCUT2D eigenvalue weighted by atomic mass is 16.7. The van der Waals surface area contributed by atoms with Crippen molar-refractivity contribution in [3.8, 4) is 0 Å². The van der Waals surface area contributed by atoms with Crippen LogP contribution >= 0.6 is 0 Å². The van der Waals surface area contributed by atoms with E-state index in [2.05, 4.69) is 4.98 Å². The Morgan fingerprint density at radius 3 is 2.84 bits per heavy atom. The summed E-state index contributed by atoms with van der Waals surface area (Å²) in [6, 6.07) is 4.60. The Morgan fingerprint density at radius 2 is 2.19 bits per heavy atom. The third-order valence-electron chi connectivity index (χ3n) is 5.38. The van der Waals surface area contributed by atoms with Gasteiger partial charge in [0.1, 0.15) is 19.1 Å². The summed E-state index contributed by atoms with van der Waals surface area (Å²) in [5.74, 6) is 0. The molecule has 4 N–H and O–H groups in total. The fourth-order valence-corrected chi connectivity index (χ4v) is 3.55. The third-order valence-corrected chi connectivity index (χ3v) is 5.38. The number of aliphatic hydroxyl groups is 1. The van der Waals surface area contributed by atoms with E-state index in [9.17, 15) is 24.8 Å². The van der Waals surface area contributed by atoms with Gasteiger partial charge in [-0.3, -0.25) is 24.5 Å². The number of H-pyrrole nitrogens is 1. The lowest BCUT2D eigenvalue weighted by Crippen LogP contribution is -2.33. The molecular formula is C20H26N4O8. The van der Waals surface area contributed by atoms with Crippen LogP contribution in [0, 0.1) is 17.0 Å². The summed E-state index contributed by atoms with van der Waals surface area (Å²) in [7, 11) is 0. The SMILES string of the molecule is Cc1cn(C2C[C@@H](OCOC(C)c3cc(CN)ccc3[N+](=O)[O-])C(CO)O2)c(=O)[nH]c1=O. The van der Waals surface area contributed by atoms with Crippen molar-refractivity contribution in [3.63, 3.8) is 0 Å². The molecule has 1 aromatic heterocycles. The number of aliphatic hydroxyl groups excluding tert-OH is 1. The number of nitrogens with one attached hydrogen (secondary N) is 1. The van der Waals surface area contributed by atoms with Crippen LogP contribution in [0.1, 0.15) is 42.4 Å². The van der Waals surface area contributed by atoms with Crippen molar-refractivity contribution in [2.75, 3.05) is 13.4 Å². The maximum absolute atomic E-state index is 12.1. The number of nitro benzene ring substituents is 1. The Balaban J connectivity index is 1.66. The van der Waals surface area contributed by atoms with Crippen molar-refractivity contribution in [2.24, 2.45) is 5.73 Å². The molecule has 0 aliphatic carbocycles. The average molecular weight is 450 g/mol. The topological polar surface area (TPSA) is 172 Å². The number of nitrogens with zero attached hydrogens (tertiary/aromatic N) is 2. The quantitative estimate of drug-likeness (QED) is 0.281. The summed E-state index contributed by atoms with van der Waals surface area (Å²) in [6.07, 6.45) is -1.08. The van der Waals surface area contributed by atoms with Crippen molar-refractivity contribution >= 4 is 5.69 Å². The lowest BCUT2D eigenvalue weighted by molar-refractivity contribution is -0.386. The Labute approximate surface area is 182 Å². The van der Waals surface area contributed by atoms with Gasteiger partial charge in [0.15, 0.2) is 0 Å². The molecule has 1 fully saturated rings. The number of rotatable bonds is 9. The minimum Gasteiger partial charge on any atom is -0.394 e. The maximum atomic E-state index is 12.1. The first kappa shape index (κ1) is 23.8. The molecule has 0 radical (unpaired) electrons. The van der Waals surface area contributed by atoms with Crippen LogP contribution in [-0.4, -0.2) is 45.2 Å². The smallest absolute Gasteiger partial charge is 0.330 e. The van der Waals surface area contributed by atoms with Gasteiger partial charge in [0.2, 0.25) is 0 Å². The molecule has 174 valence electrons. The van der Waals surface area contributed by atoms with E-state index in [1.807, 2.05) is 0 Å². The zero-order valence-electron chi connectivity index (χ0n) is 17.7. The molecule has 0 saturated carbocycles. The number of ether oxygens (including phenoxy) is 3. The molecule has 0 bridgehead atoms. The number of benzene rings is 1. The molecule has 1 aliphatic rings. The highest BCUT2D eigenvalue weighted by Crippen LogP contribution is 2.31. The van der Waals surface area contributed by atoms with Crippen LogP contribution in [0.25, 0.3) is 0 Å². The maximum Gasteiger partial charge on any atom is 0.330 e. The summed E-state index contributed by atoms with van der Waals surface area (Å²) in [5, 5.41) is 21.0. The Bertz CT molecular complexity index is 1080. The van der Waals surface area contributed by atoms with Gasteiger partial charge in [0.05, 0.1) is 29.3 Å². The molecule has 3 unspecified atom stereocenters. The molecule has 2 heterocycles. The molecular weight excluding hydrogens is 424 g/mol. The highest BCUT2D eigenvalue weighted by molar-refractivity contribution is 5.44. The third kappa shape index (κ3) is 5.11. The molecule has 32 heavy (non-hydrogen) atoms. The highest BCUT2D eigenvalue weighted by Gasteiger charge is 2.37. The van der Waals surface area contributed by atoms with Crippen LogP contribution in [0.2, 0.25) is 0 Å². The monoisotopic (exact) mass is 450 g/mol. The van der Waals surface area contributed by atoms with Gasteiger partial charge in [-0.2, -0.15) is 0 Å². The molecule has 0 amide bonds. The summed E-state index contributed by atoms with van der Waals surface area (Å²) in [6.45, 7) is 2.89. The van der Waals surface area contributed by atoms with Gasteiger partial charge in [0, 0.05) is 30.8 Å². The van der Waals surface area contributed by atoms with E-state index >= 15 is 0 Å². The molecule has 12 heteroatoms. The van der Waals surface area contributed by atoms with Gasteiger partial charge in [-0.25, -0.2) is 4.79 Å². The van der Waals surface area contributed by atoms with Crippen molar-refractivity contribution in [1.82, 2.24) is 9.55 Å². The van der Waals surface area contributed by atoms with Crippen LogP contribution in [0.4, 0.5) is 5.69 Å². The minimum absolute atomic E-state index is 0.0833. The van der Waals surface area contributed by atoms with E-state index in [-0.39, 0.29) is 32.1 Å². The molecule has 3 rings (SSSR count). The normalized spacial score (nSPS) is 21.6. The van der Waals surface area contributed by atoms with E-state index in [4.69, 9.17) is 19.9 Å². The largest absolute Gasteiger partial charge is 0.394 e. The zero-order chi connectivity index (χ0) is 23.4. The van der Waals surface area contributed by atoms with Gasteiger partial charge in [-0.15, -0.1) is 0 Å². The fraction of sp³-hybridized carbons (Fsp3) is 0.500. The van der Waals surface area contributed by atoms with Gasteiger partial charge in [0.25, 0.3) is 11.2 Å². The van der Waals surface area contributed by atoms with Gasteiger partial charge >= 0.3 is 5.69 Å². The number of aromatic nitrogens is 2. The van der Waals surface area contributed by atoms with Gasteiger partial charge in [-0.1, -0.05) is 6.07 Å². The van der Waals surface area contributed by atoms with Gasteiger partial charge in [-0.05, 0) is 25.5 Å². The van der Waals surface area contributed by atoms with E-state index in [1.165, 1.54) is 16.8 Å². The first-order chi connectivity index (χ1) is 15.2. The van der Waals surface area contributed by atoms with Crippen molar-refractivity contribution < 1.29 is 24.2 Å². The predicted octanol–water partition coefficient (Wildman–Crippen LogP) is 0.612. The Hall–Kier alpha value is -2.90. The van der Waals surface area contributed by atoms with Crippen LogP contribution < -0.4 is 17.0 Å². The van der Waals surface area contributed by atoms with Crippen molar-refractivity contribution in [2.45, 2.75) is 51.4 Å². The number of nitrogens with two attached hydrogens (primary N) is 1. The van der Waals surface area contributed by atoms with Crippen molar-refractivity contribution in [1.29, 1.82) is 0 Å². The second-order valence-electron chi connectivity index (χ2n) is 7.51. The van der Waals surface area contributed by atoms with Crippen LogP contribution in [-0.2, 0) is 20.8 Å². The van der Waals surface area contributed by atoms with E-state index in [1.54, 1.807) is 26.0 Å². The number of aromatic amines is 1.